The van der Waals surface area contributed by atoms with E-state index in [1.54, 1.807) is 0 Å². The molecule has 0 aliphatic heterocycles. The van der Waals surface area contributed by atoms with Crippen molar-refractivity contribution in [3.63, 3.8) is 0 Å². The molecule has 0 heterocycles. The van der Waals surface area contributed by atoms with Crippen molar-refractivity contribution in [2.45, 2.75) is 50.8 Å². The maximum atomic E-state index is 3.38. The summed E-state index contributed by atoms with van der Waals surface area (Å²) in [7, 11) is 2.09. The Balaban J connectivity index is 2.03. The standard InChI is InChI=1S/C11H23NS/c1-9(2)6-7-13-11-5-4-10(8-11)12-3/h9-12H,4-8H2,1-3H3. The highest BCUT2D eigenvalue weighted by molar-refractivity contribution is 7.99. The molecule has 2 atom stereocenters. The molecule has 0 aromatic carbocycles. The molecule has 1 saturated carbocycles. The fourth-order valence-corrected chi connectivity index (χ4v) is 3.44. The quantitative estimate of drug-likeness (QED) is 0.734. The van der Waals surface area contributed by atoms with Crippen LogP contribution in [0.5, 0.6) is 0 Å². The lowest BCUT2D eigenvalue weighted by Gasteiger charge is -2.11. The van der Waals surface area contributed by atoms with Crippen LogP contribution >= 0.6 is 11.8 Å². The Kier molecular flexibility index (Phi) is 5.18. The van der Waals surface area contributed by atoms with E-state index >= 15 is 0 Å². The Bertz CT molecular complexity index is 136. The highest BCUT2D eigenvalue weighted by atomic mass is 32.2. The molecule has 0 bridgehead atoms. The van der Waals surface area contributed by atoms with E-state index in [9.17, 15) is 0 Å². The molecule has 1 rings (SSSR count). The van der Waals surface area contributed by atoms with E-state index in [0.29, 0.717) is 0 Å². The van der Waals surface area contributed by atoms with Crippen LogP contribution < -0.4 is 5.32 Å². The van der Waals surface area contributed by atoms with E-state index in [1.807, 2.05) is 0 Å². The van der Waals surface area contributed by atoms with Gasteiger partial charge in [-0.2, -0.15) is 11.8 Å². The van der Waals surface area contributed by atoms with Crippen LogP contribution in [0.2, 0.25) is 0 Å². The van der Waals surface area contributed by atoms with Gasteiger partial charge in [0.1, 0.15) is 0 Å². The minimum Gasteiger partial charge on any atom is -0.317 e. The zero-order chi connectivity index (χ0) is 9.68. The van der Waals surface area contributed by atoms with Crippen molar-refractivity contribution in [3.8, 4) is 0 Å². The zero-order valence-corrected chi connectivity index (χ0v) is 9.99. The van der Waals surface area contributed by atoms with Gasteiger partial charge in [0.2, 0.25) is 0 Å². The van der Waals surface area contributed by atoms with Crippen LogP contribution in [0, 0.1) is 5.92 Å². The second-order valence-corrected chi connectivity index (χ2v) is 5.88. The van der Waals surface area contributed by atoms with Crippen LogP contribution in [-0.4, -0.2) is 24.1 Å². The maximum absolute atomic E-state index is 3.38. The number of hydrogen-bond donors (Lipinski definition) is 1. The molecule has 13 heavy (non-hydrogen) atoms. The van der Waals surface area contributed by atoms with Crippen LogP contribution in [0.3, 0.4) is 0 Å². The lowest BCUT2D eigenvalue weighted by Crippen LogP contribution is -2.21. The topological polar surface area (TPSA) is 12.0 Å². The highest BCUT2D eigenvalue weighted by Gasteiger charge is 2.23. The first kappa shape index (κ1) is 11.4. The lowest BCUT2D eigenvalue weighted by atomic mass is 10.2. The SMILES string of the molecule is CNC1CCC(SCCC(C)C)C1. The fraction of sp³-hybridized carbons (Fsp3) is 1.00. The monoisotopic (exact) mass is 201 g/mol. The predicted octanol–water partition coefficient (Wildman–Crippen LogP) is 2.91. The second kappa shape index (κ2) is 5.92. The summed E-state index contributed by atoms with van der Waals surface area (Å²) in [5.74, 6) is 2.23. The molecule has 0 aromatic rings. The van der Waals surface area contributed by atoms with Crippen molar-refractivity contribution in [2.75, 3.05) is 12.8 Å². The van der Waals surface area contributed by atoms with E-state index in [4.69, 9.17) is 0 Å². The summed E-state index contributed by atoms with van der Waals surface area (Å²) in [5.41, 5.74) is 0. The molecule has 0 radical (unpaired) electrons. The Morgan fingerprint density at radius 3 is 2.69 bits per heavy atom. The summed E-state index contributed by atoms with van der Waals surface area (Å²) in [6, 6.07) is 0.802. The molecule has 1 N–H and O–H groups in total. The van der Waals surface area contributed by atoms with Gasteiger partial charge < -0.3 is 5.32 Å². The van der Waals surface area contributed by atoms with Crippen molar-refractivity contribution in [1.29, 1.82) is 0 Å². The van der Waals surface area contributed by atoms with Crippen LogP contribution in [-0.2, 0) is 0 Å². The maximum Gasteiger partial charge on any atom is 0.00750 e. The van der Waals surface area contributed by atoms with Crippen molar-refractivity contribution in [3.05, 3.63) is 0 Å². The van der Waals surface area contributed by atoms with Gasteiger partial charge in [0.25, 0.3) is 0 Å². The molecule has 2 unspecified atom stereocenters. The van der Waals surface area contributed by atoms with Gasteiger partial charge >= 0.3 is 0 Å². The molecule has 1 nitrogen and oxygen atoms in total. The van der Waals surface area contributed by atoms with Gasteiger partial charge in [0.05, 0.1) is 0 Å². The minimum absolute atomic E-state index is 0.802. The molecule has 1 fully saturated rings. The third-order valence-electron chi connectivity index (χ3n) is 2.84. The van der Waals surface area contributed by atoms with Crippen molar-refractivity contribution in [2.24, 2.45) is 5.92 Å². The van der Waals surface area contributed by atoms with Crippen molar-refractivity contribution < 1.29 is 0 Å². The summed E-state index contributed by atoms with van der Waals surface area (Å²) in [6.45, 7) is 4.62. The first-order valence-corrected chi connectivity index (χ1v) is 6.56. The Morgan fingerprint density at radius 2 is 2.15 bits per heavy atom. The average Bonchev–Trinajstić information content (AvgIpc) is 2.52. The third kappa shape index (κ3) is 4.37. The van der Waals surface area contributed by atoms with E-state index in [0.717, 1.165) is 17.2 Å². The van der Waals surface area contributed by atoms with Crippen LogP contribution in [0.25, 0.3) is 0 Å². The predicted molar refractivity (Wildman–Crippen MR) is 62.4 cm³/mol. The van der Waals surface area contributed by atoms with Crippen molar-refractivity contribution in [1.82, 2.24) is 5.32 Å². The van der Waals surface area contributed by atoms with Gasteiger partial charge in [-0.25, -0.2) is 0 Å². The molecule has 0 amide bonds. The van der Waals surface area contributed by atoms with Crippen LogP contribution in [0.15, 0.2) is 0 Å². The summed E-state index contributed by atoms with van der Waals surface area (Å²) in [4.78, 5) is 0. The summed E-state index contributed by atoms with van der Waals surface area (Å²) < 4.78 is 0. The summed E-state index contributed by atoms with van der Waals surface area (Å²) in [5, 5.41) is 4.32. The molecule has 2 heteroatoms. The van der Waals surface area contributed by atoms with E-state index in [2.05, 4.69) is 38.0 Å². The van der Waals surface area contributed by atoms with E-state index in [-0.39, 0.29) is 0 Å². The smallest absolute Gasteiger partial charge is 0.00750 e. The molecule has 0 aromatic heterocycles. The number of hydrogen-bond acceptors (Lipinski definition) is 2. The Labute approximate surface area is 87.1 Å². The molecule has 78 valence electrons. The number of rotatable bonds is 5. The molecule has 0 saturated heterocycles. The molecule has 0 spiro atoms. The average molecular weight is 201 g/mol. The van der Waals surface area contributed by atoms with E-state index < -0.39 is 0 Å². The largest absolute Gasteiger partial charge is 0.317 e. The van der Waals surface area contributed by atoms with Crippen molar-refractivity contribution >= 4 is 11.8 Å². The second-order valence-electron chi connectivity index (χ2n) is 4.47. The zero-order valence-electron chi connectivity index (χ0n) is 9.18. The van der Waals surface area contributed by atoms with Gasteiger partial charge in [-0.3, -0.25) is 0 Å². The van der Waals surface area contributed by atoms with Gasteiger partial charge in [-0.15, -0.1) is 0 Å². The van der Waals surface area contributed by atoms with Gasteiger partial charge in [0.15, 0.2) is 0 Å². The highest BCUT2D eigenvalue weighted by Crippen LogP contribution is 2.30. The fourth-order valence-electron chi connectivity index (χ4n) is 1.82. The molecule has 1 aliphatic carbocycles. The molecule has 1 aliphatic rings. The normalized spacial score (nSPS) is 28.6. The number of thioether (sulfide) groups is 1. The van der Waals surface area contributed by atoms with Gasteiger partial charge in [-0.05, 0) is 44.4 Å². The Morgan fingerprint density at radius 1 is 1.38 bits per heavy atom. The summed E-state index contributed by atoms with van der Waals surface area (Å²) in [6.07, 6.45) is 5.58. The first-order chi connectivity index (χ1) is 6.22. The van der Waals surface area contributed by atoms with E-state index in [1.165, 1.54) is 31.4 Å². The van der Waals surface area contributed by atoms with Gasteiger partial charge in [-0.1, -0.05) is 13.8 Å². The van der Waals surface area contributed by atoms with Crippen LogP contribution in [0.4, 0.5) is 0 Å². The van der Waals surface area contributed by atoms with Crippen LogP contribution in [0.1, 0.15) is 39.5 Å². The summed E-state index contributed by atoms with van der Waals surface area (Å²) >= 11 is 2.19. The molecular formula is C11H23NS. The third-order valence-corrected chi connectivity index (χ3v) is 4.21. The molecular weight excluding hydrogens is 178 g/mol. The first-order valence-electron chi connectivity index (χ1n) is 5.51. The lowest BCUT2D eigenvalue weighted by molar-refractivity contribution is 0.583. The minimum atomic E-state index is 0.802. The number of nitrogens with one attached hydrogen (secondary N) is 1. The Hall–Kier alpha value is 0.310. The van der Waals surface area contributed by atoms with Gasteiger partial charge in [0, 0.05) is 11.3 Å².